The molecule has 0 saturated carbocycles. The zero-order chi connectivity index (χ0) is 11.5. The van der Waals surface area contributed by atoms with Gasteiger partial charge in [-0.05, 0) is 35.9 Å². The molecule has 1 saturated heterocycles. The lowest BCUT2D eigenvalue weighted by Crippen LogP contribution is -2.31. The molecule has 0 amide bonds. The van der Waals surface area contributed by atoms with Gasteiger partial charge in [0.1, 0.15) is 0 Å². The molecule has 1 aliphatic rings. The van der Waals surface area contributed by atoms with Gasteiger partial charge < -0.3 is 15.2 Å². The van der Waals surface area contributed by atoms with Gasteiger partial charge in [-0.2, -0.15) is 0 Å². The van der Waals surface area contributed by atoms with Gasteiger partial charge in [-0.3, -0.25) is 0 Å². The van der Waals surface area contributed by atoms with E-state index in [2.05, 4.69) is 12.2 Å². The monoisotopic (exact) mass is 239 g/mol. The average Bonchev–Trinajstić information content (AvgIpc) is 2.31. The van der Waals surface area contributed by atoms with E-state index in [1.54, 1.807) is 13.2 Å². The molecule has 1 heterocycles. The first-order valence-electron chi connectivity index (χ1n) is 5.42. The minimum atomic E-state index is 0.195. The van der Waals surface area contributed by atoms with Crippen molar-refractivity contribution in [3.05, 3.63) is 23.8 Å². The lowest BCUT2D eigenvalue weighted by Gasteiger charge is -2.27. The summed E-state index contributed by atoms with van der Waals surface area (Å²) in [6.07, 6.45) is 0. The van der Waals surface area contributed by atoms with Gasteiger partial charge in [0, 0.05) is 0 Å². The van der Waals surface area contributed by atoms with E-state index in [1.165, 1.54) is 5.75 Å². The van der Waals surface area contributed by atoms with E-state index in [4.69, 9.17) is 4.74 Å². The summed E-state index contributed by atoms with van der Waals surface area (Å²) in [7, 11) is 1.57. The second-order valence-electron chi connectivity index (χ2n) is 4.16. The van der Waals surface area contributed by atoms with Crippen LogP contribution in [-0.2, 0) is 0 Å². The Labute approximate surface area is 100 Å². The zero-order valence-corrected chi connectivity index (χ0v) is 10.4. The van der Waals surface area contributed by atoms with E-state index in [0.717, 1.165) is 18.0 Å². The van der Waals surface area contributed by atoms with Crippen LogP contribution in [0, 0.1) is 5.92 Å². The van der Waals surface area contributed by atoms with Crippen molar-refractivity contribution in [3.63, 3.8) is 0 Å². The number of phenolic OH excluding ortho intramolecular Hbond substituents is 1. The van der Waals surface area contributed by atoms with Crippen molar-refractivity contribution in [3.8, 4) is 11.5 Å². The fourth-order valence-corrected chi connectivity index (χ4v) is 2.95. The molecule has 0 aliphatic carbocycles. The molecule has 16 heavy (non-hydrogen) atoms. The molecule has 1 aromatic rings. The van der Waals surface area contributed by atoms with Crippen LogP contribution in [0.5, 0.6) is 11.5 Å². The molecule has 0 radical (unpaired) electrons. The van der Waals surface area contributed by atoms with Gasteiger partial charge >= 0.3 is 0 Å². The molecular formula is C12H17NO2S. The number of nitrogens with one attached hydrogen (secondary N) is 1. The first kappa shape index (κ1) is 11.6. The number of ether oxygens (including phenoxy) is 1. The Morgan fingerprint density at radius 1 is 1.50 bits per heavy atom. The van der Waals surface area contributed by atoms with Gasteiger partial charge in [0.25, 0.3) is 0 Å². The predicted octanol–water partition coefficient (Wildman–Crippen LogP) is 2.37. The molecule has 0 spiro atoms. The second kappa shape index (κ2) is 4.97. The summed E-state index contributed by atoms with van der Waals surface area (Å²) in [4.78, 5) is 0. The van der Waals surface area contributed by atoms with Crippen LogP contribution >= 0.6 is 11.8 Å². The number of phenols is 1. The Balaban J connectivity index is 2.14. The SMILES string of the molecule is COc1cc(C2NCC(C)CS2)ccc1O. The summed E-state index contributed by atoms with van der Waals surface area (Å²) in [6.45, 7) is 3.29. The molecule has 2 N–H and O–H groups in total. The Bertz CT molecular complexity index is 362. The average molecular weight is 239 g/mol. The molecule has 4 heteroatoms. The predicted molar refractivity (Wildman–Crippen MR) is 67.0 cm³/mol. The number of benzene rings is 1. The highest BCUT2D eigenvalue weighted by Crippen LogP contribution is 2.35. The van der Waals surface area contributed by atoms with Gasteiger partial charge in [-0.25, -0.2) is 0 Å². The van der Waals surface area contributed by atoms with Crippen LogP contribution in [0.3, 0.4) is 0 Å². The van der Waals surface area contributed by atoms with Crippen LogP contribution in [0.15, 0.2) is 18.2 Å². The fourth-order valence-electron chi connectivity index (χ4n) is 1.76. The van der Waals surface area contributed by atoms with E-state index >= 15 is 0 Å². The Hall–Kier alpha value is -0.870. The van der Waals surface area contributed by atoms with E-state index in [9.17, 15) is 5.11 Å². The van der Waals surface area contributed by atoms with E-state index in [1.807, 2.05) is 23.9 Å². The summed E-state index contributed by atoms with van der Waals surface area (Å²) < 4.78 is 5.11. The summed E-state index contributed by atoms with van der Waals surface area (Å²) in [6, 6.07) is 5.53. The lowest BCUT2D eigenvalue weighted by atomic mass is 10.1. The Morgan fingerprint density at radius 2 is 2.31 bits per heavy atom. The highest BCUT2D eigenvalue weighted by molar-refractivity contribution is 7.99. The summed E-state index contributed by atoms with van der Waals surface area (Å²) in [5, 5.41) is 13.3. The Kier molecular flexibility index (Phi) is 3.61. The second-order valence-corrected chi connectivity index (χ2v) is 5.30. The van der Waals surface area contributed by atoms with Crippen molar-refractivity contribution in [2.24, 2.45) is 5.92 Å². The van der Waals surface area contributed by atoms with Gasteiger partial charge in [-0.1, -0.05) is 13.0 Å². The van der Waals surface area contributed by atoms with Crippen LogP contribution in [0.25, 0.3) is 0 Å². The van der Waals surface area contributed by atoms with Gasteiger partial charge in [-0.15, -0.1) is 11.8 Å². The Morgan fingerprint density at radius 3 is 2.94 bits per heavy atom. The summed E-state index contributed by atoms with van der Waals surface area (Å²) in [5.41, 5.74) is 1.16. The van der Waals surface area contributed by atoms with E-state index in [0.29, 0.717) is 11.1 Å². The van der Waals surface area contributed by atoms with Crippen molar-refractivity contribution in [1.82, 2.24) is 5.32 Å². The number of aromatic hydroxyl groups is 1. The molecule has 1 fully saturated rings. The van der Waals surface area contributed by atoms with E-state index in [-0.39, 0.29) is 5.75 Å². The van der Waals surface area contributed by atoms with E-state index < -0.39 is 0 Å². The third-order valence-corrected chi connectivity index (χ3v) is 4.24. The maximum atomic E-state index is 9.52. The van der Waals surface area contributed by atoms with Crippen LogP contribution in [0.4, 0.5) is 0 Å². The number of thioether (sulfide) groups is 1. The summed E-state index contributed by atoms with van der Waals surface area (Å²) >= 11 is 1.90. The van der Waals surface area contributed by atoms with Crippen LogP contribution in [0.2, 0.25) is 0 Å². The number of hydrogen-bond acceptors (Lipinski definition) is 4. The molecule has 2 rings (SSSR count). The molecule has 2 atom stereocenters. The number of methoxy groups -OCH3 is 1. The normalized spacial score (nSPS) is 25.4. The number of rotatable bonds is 2. The van der Waals surface area contributed by atoms with Crippen molar-refractivity contribution >= 4 is 11.8 Å². The third kappa shape index (κ3) is 2.44. The molecule has 1 aliphatic heterocycles. The maximum absolute atomic E-state index is 9.52. The highest BCUT2D eigenvalue weighted by atomic mass is 32.2. The smallest absolute Gasteiger partial charge is 0.160 e. The van der Waals surface area contributed by atoms with Crippen molar-refractivity contribution in [1.29, 1.82) is 0 Å². The standard InChI is InChI=1S/C12H17NO2S/c1-8-6-13-12(16-7-8)9-3-4-10(14)11(5-9)15-2/h3-5,8,12-14H,6-7H2,1-2H3. The van der Waals surface area contributed by atoms with Crippen LogP contribution < -0.4 is 10.1 Å². The first-order valence-corrected chi connectivity index (χ1v) is 6.47. The molecule has 0 aromatic heterocycles. The molecule has 2 unspecified atom stereocenters. The molecule has 3 nitrogen and oxygen atoms in total. The molecule has 1 aromatic carbocycles. The quantitative estimate of drug-likeness (QED) is 0.831. The summed E-state index contributed by atoms with van der Waals surface area (Å²) in [5.74, 6) is 2.63. The lowest BCUT2D eigenvalue weighted by molar-refractivity contribution is 0.372. The van der Waals surface area contributed by atoms with Crippen molar-refractivity contribution in [2.45, 2.75) is 12.3 Å². The van der Waals surface area contributed by atoms with Crippen LogP contribution in [-0.4, -0.2) is 24.5 Å². The molecule has 0 bridgehead atoms. The van der Waals surface area contributed by atoms with Crippen molar-refractivity contribution < 1.29 is 9.84 Å². The third-order valence-electron chi connectivity index (χ3n) is 2.71. The van der Waals surface area contributed by atoms with Gasteiger partial charge in [0.05, 0.1) is 12.5 Å². The maximum Gasteiger partial charge on any atom is 0.160 e. The largest absolute Gasteiger partial charge is 0.504 e. The van der Waals surface area contributed by atoms with Crippen molar-refractivity contribution in [2.75, 3.05) is 19.4 Å². The minimum absolute atomic E-state index is 0.195. The minimum Gasteiger partial charge on any atom is -0.504 e. The van der Waals surface area contributed by atoms with Crippen LogP contribution in [0.1, 0.15) is 17.9 Å². The first-order chi connectivity index (χ1) is 7.70. The van der Waals surface area contributed by atoms with Gasteiger partial charge in [0.15, 0.2) is 11.5 Å². The molecule has 88 valence electrons. The van der Waals surface area contributed by atoms with Gasteiger partial charge in [0.2, 0.25) is 0 Å². The highest BCUT2D eigenvalue weighted by Gasteiger charge is 2.20. The zero-order valence-electron chi connectivity index (χ0n) is 9.56. The molecular weight excluding hydrogens is 222 g/mol. The topological polar surface area (TPSA) is 41.5 Å². The number of hydrogen-bond donors (Lipinski definition) is 2. The fraction of sp³-hybridized carbons (Fsp3) is 0.500.